The minimum atomic E-state index is -0.343. The molecule has 1 aromatic carbocycles. The smallest absolute Gasteiger partial charge is 0.245 e. The van der Waals surface area contributed by atoms with E-state index in [1.807, 2.05) is 30.3 Å². The second-order valence-electron chi connectivity index (χ2n) is 4.94. The van der Waals surface area contributed by atoms with Crippen LogP contribution in [0.4, 0.5) is 0 Å². The van der Waals surface area contributed by atoms with Crippen LogP contribution in [0, 0.1) is 0 Å². The molecule has 2 rings (SSSR count). The zero-order valence-electron chi connectivity index (χ0n) is 11.3. The van der Waals surface area contributed by atoms with Crippen LogP contribution in [0.1, 0.15) is 31.7 Å². The number of piperazine rings is 1. The lowest BCUT2D eigenvalue weighted by Gasteiger charge is -2.32. The lowest BCUT2D eigenvalue weighted by atomic mass is 10.1. The predicted molar refractivity (Wildman–Crippen MR) is 73.3 cm³/mol. The van der Waals surface area contributed by atoms with Gasteiger partial charge in [0.05, 0.1) is 6.54 Å². The van der Waals surface area contributed by atoms with Gasteiger partial charge in [-0.1, -0.05) is 50.1 Å². The summed E-state index contributed by atoms with van der Waals surface area (Å²) in [6.45, 7) is 2.75. The zero-order valence-corrected chi connectivity index (χ0v) is 11.3. The van der Waals surface area contributed by atoms with Gasteiger partial charge in [0.1, 0.15) is 6.04 Å². The molecule has 1 N–H and O–H groups in total. The number of unbranched alkanes of at least 4 members (excludes halogenated alkanes) is 1. The number of benzene rings is 1. The van der Waals surface area contributed by atoms with Crippen LogP contribution in [-0.4, -0.2) is 29.3 Å². The van der Waals surface area contributed by atoms with Gasteiger partial charge in [-0.25, -0.2) is 0 Å². The normalized spacial score (nSPS) is 19.4. The number of nitrogens with zero attached hydrogens (tertiary/aromatic N) is 1. The van der Waals surface area contributed by atoms with E-state index in [1.54, 1.807) is 4.90 Å². The molecular weight excluding hydrogens is 240 g/mol. The van der Waals surface area contributed by atoms with Crippen molar-refractivity contribution < 1.29 is 9.59 Å². The first-order valence-electron chi connectivity index (χ1n) is 6.82. The highest BCUT2D eigenvalue weighted by Crippen LogP contribution is 2.12. The number of carbonyl (C=O) groups is 2. The summed E-state index contributed by atoms with van der Waals surface area (Å²) < 4.78 is 0. The number of rotatable bonds is 5. The zero-order chi connectivity index (χ0) is 13.7. The monoisotopic (exact) mass is 260 g/mol. The highest BCUT2D eigenvalue weighted by Gasteiger charge is 2.31. The molecule has 0 spiro atoms. The van der Waals surface area contributed by atoms with Crippen molar-refractivity contribution in [3.8, 4) is 0 Å². The maximum Gasteiger partial charge on any atom is 0.245 e. The molecule has 0 aliphatic carbocycles. The van der Waals surface area contributed by atoms with Gasteiger partial charge in [0.25, 0.3) is 0 Å². The fraction of sp³-hybridized carbons (Fsp3) is 0.467. The van der Waals surface area contributed by atoms with Gasteiger partial charge in [-0.05, 0) is 12.0 Å². The van der Waals surface area contributed by atoms with Gasteiger partial charge < -0.3 is 10.2 Å². The SMILES string of the molecule is CCCC[C@@H]1NC(=O)CN(Cc2ccccc2)C1=O. The van der Waals surface area contributed by atoms with Crippen LogP contribution >= 0.6 is 0 Å². The Morgan fingerprint density at radius 3 is 2.68 bits per heavy atom. The lowest BCUT2D eigenvalue weighted by Crippen LogP contribution is -2.57. The Morgan fingerprint density at radius 2 is 2.00 bits per heavy atom. The molecule has 1 atom stereocenters. The van der Waals surface area contributed by atoms with E-state index in [9.17, 15) is 9.59 Å². The van der Waals surface area contributed by atoms with Crippen LogP contribution < -0.4 is 5.32 Å². The molecule has 0 saturated carbocycles. The Kier molecular flexibility index (Phi) is 4.55. The molecule has 4 heteroatoms. The molecule has 1 aliphatic heterocycles. The summed E-state index contributed by atoms with van der Waals surface area (Å²) >= 11 is 0. The van der Waals surface area contributed by atoms with Crippen LogP contribution in [0.25, 0.3) is 0 Å². The molecule has 0 bridgehead atoms. The van der Waals surface area contributed by atoms with Crippen LogP contribution in [0.5, 0.6) is 0 Å². The standard InChI is InChI=1S/C15H20N2O2/c1-2-3-9-13-15(19)17(11-14(18)16-13)10-12-7-5-4-6-8-12/h4-8,13H,2-3,9-11H2,1H3,(H,16,18)/t13-/m0/s1. The second kappa shape index (κ2) is 6.36. The van der Waals surface area contributed by atoms with E-state index in [0.717, 1.165) is 24.8 Å². The maximum absolute atomic E-state index is 12.3. The van der Waals surface area contributed by atoms with E-state index in [-0.39, 0.29) is 24.4 Å². The third kappa shape index (κ3) is 3.56. The largest absolute Gasteiger partial charge is 0.343 e. The fourth-order valence-electron chi connectivity index (χ4n) is 2.31. The van der Waals surface area contributed by atoms with Crippen molar-refractivity contribution in [2.24, 2.45) is 0 Å². The molecule has 102 valence electrons. The predicted octanol–water partition coefficient (Wildman–Crippen LogP) is 1.70. The van der Waals surface area contributed by atoms with Crippen molar-refractivity contribution in [3.63, 3.8) is 0 Å². The number of carbonyl (C=O) groups excluding carboxylic acids is 2. The number of hydrogen-bond donors (Lipinski definition) is 1. The first kappa shape index (κ1) is 13.6. The van der Waals surface area contributed by atoms with Gasteiger partial charge in [-0.15, -0.1) is 0 Å². The summed E-state index contributed by atoms with van der Waals surface area (Å²) in [5, 5.41) is 2.79. The van der Waals surface area contributed by atoms with E-state index in [4.69, 9.17) is 0 Å². The number of nitrogens with one attached hydrogen (secondary N) is 1. The molecule has 0 unspecified atom stereocenters. The van der Waals surface area contributed by atoms with Gasteiger partial charge in [0.2, 0.25) is 11.8 Å². The van der Waals surface area contributed by atoms with Crippen molar-refractivity contribution in [1.29, 1.82) is 0 Å². The molecule has 4 nitrogen and oxygen atoms in total. The van der Waals surface area contributed by atoms with Crippen LogP contribution in [-0.2, 0) is 16.1 Å². The minimum Gasteiger partial charge on any atom is -0.343 e. The first-order valence-corrected chi connectivity index (χ1v) is 6.82. The average Bonchev–Trinajstić information content (AvgIpc) is 2.42. The number of amides is 2. The second-order valence-corrected chi connectivity index (χ2v) is 4.94. The fourth-order valence-corrected chi connectivity index (χ4v) is 2.31. The van der Waals surface area contributed by atoms with Crippen molar-refractivity contribution in [2.45, 2.75) is 38.8 Å². The van der Waals surface area contributed by atoms with Crippen molar-refractivity contribution in [2.75, 3.05) is 6.54 Å². The third-order valence-electron chi connectivity index (χ3n) is 3.34. The number of hydrogen-bond acceptors (Lipinski definition) is 2. The summed E-state index contributed by atoms with van der Waals surface area (Å²) in [5.41, 5.74) is 1.06. The van der Waals surface area contributed by atoms with Crippen molar-refractivity contribution in [3.05, 3.63) is 35.9 Å². The van der Waals surface area contributed by atoms with E-state index >= 15 is 0 Å². The first-order chi connectivity index (χ1) is 9.20. The Bertz CT molecular complexity index is 445. The topological polar surface area (TPSA) is 49.4 Å². The molecular formula is C15H20N2O2. The molecule has 0 radical (unpaired) electrons. The van der Waals surface area contributed by atoms with Gasteiger partial charge in [0, 0.05) is 6.54 Å². The summed E-state index contributed by atoms with van der Waals surface area (Å²) in [6, 6.07) is 9.43. The highest BCUT2D eigenvalue weighted by atomic mass is 16.2. The Morgan fingerprint density at radius 1 is 1.26 bits per heavy atom. The van der Waals surface area contributed by atoms with Crippen LogP contribution in [0.2, 0.25) is 0 Å². The molecule has 0 aromatic heterocycles. The Balaban J connectivity index is 2.03. The van der Waals surface area contributed by atoms with Crippen molar-refractivity contribution in [1.82, 2.24) is 10.2 Å². The molecule has 1 aliphatic rings. The summed E-state index contributed by atoms with van der Waals surface area (Å²) in [5.74, 6) is -0.0199. The maximum atomic E-state index is 12.3. The van der Waals surface area contributed by atoms with Gasteiger partial charge in [-0.3, -0.25) is 9.59 Å². The summed E-state index contributed by atoms with van der Waals surface area (Å²) in [6.07, 6.45) is 2.71. The van der Waals surface area contributed by atoms with E-state index in [1.165, 1.54) is 0 Å². The summed E-state index contributed by atoms with van der Waals surface area (Å²) in [4.78, 5) is 25.6. The Hall–Kier alpha value is -1.84. The van der Waals surface area contributed by atoms with Crippen molar-refractivity contribution >= 4 is 11.8 Å². The quantitative estimate of drug-likeness (QED) is 0.876. The van der Waals surface area contributed by atoms with E-state index in [2.05, 4.69) is 12.2 Å². The molecule has 2 amide bonds. The molecule has 19 heavy (non-hydrogen) atoms. The highest BCUT2D eigenvalue weighted by molar-refractivity contribution is 5.94. The molecule has 1 saturated heterocycles. The van der Waals surface area contributed by atoms with E-state index in [0.29, 0.717) is 6.54 Å². The van der Waals surface area contributed by atoms with Gasteiger partial charge in [-0.2, -0.15) is 0 Å². The molecule has 1 fully saturated rings. The molecule has 1 heterocycles. The van der Waals surface area contributed by atoms with Gasteiger partial charge in [0.15, 0.2) is 0 Å². The van der Waals surface area contributed by atoms with Gasteiger partial charge >= 0.3 is 0 Å². The average molecular weight is 260 g/mol. The third-order valence-corrected chi connectivity index (χ3v) is 3.34. The molecule has 1 aromatic rings. The van der Waals surface area contributed by atoms with E-state index < -0.39 is 0 Å². The Labute approximate surface area is 113 Å². The van der Waals surface area contributed by atoms with Crippen LogP contribution in [0.3, 0.4) is 0 Å². The minimum absolute atomic E-state index is 0.0388. The van der Waals surface area contributed by atoms with Crippen LogP contribution in [0.15, 0.2) is 30.3 Å². The summed E-state index contributed by atoms with van der Waals surface area (Å²) in [7, 11) is 0. The lowest BCUT2D eigenvalue weighted by molar-refractivity contribution is -0.145.